The van der Waals surface area contributed by atoms with E-state index >= 15 is 0 Å². The molecule has 0 aliphatic carbocycles. The van der Waals surface area contributed by atoms with Gasteiger partial charge in [0.1, 0.15) is 5.75 Å². The first-order chi connectivity index (χ1) is 11.3. The molecule has 1 amide bonds. The normalized spacial score (nSPS) is 13.8. The van der Waals surface area contributed by atoms with Gasteiger partial charge in [-0.2, -0.15) is 13.2 Å². The number of benzene rings is 2. The summed E-state index contributed by atoms with van der Waals surface area (Å²) in [6.07, 6.45) is -4.43. The highest BCUT2D eigenvalue weighted by atomic mass is 35.5. The molecule has 8 heteroatoms. The molecule has 0 saturated heterocycles. The molecule has 0 saturated carbocycles. The predicted molar refractivity (Wildman–Crippen MR) is 84.3 cm³/mol. The van der Waals surface area contributed by atoms with E-state index in [1.54, 1.807) is 12.1 Å². The SMILES string of the molecule is O=C1COc2cc(NCc3ccccc3C(F)(F)F)c(Cl)cc2N1. The summed E-state index contributed by atoms with van der Waals surface area (Å²) in [6, 6.07) is 8.36. The van der Waals surface area contributed by atoms with Gasteiger partial charge in [-0.1, -0.05) is 29.8 Å². The fourth-order valence-electron chi connectivity index (χ4n) is 2.38. The Morgan fingerprint density at radius 3 is 2.75 bits per heavy atom. The van der Waals surface area contributed by atoms with Crippen molar-refractivity contribution in [3.63, 3.8) is 0 Å². The van der Waals surface area contributed by atoms with Gasteiger partial charge in [-0.15, -0.1) is 0 Å². The summed E-state index contributed by atoms with van der Waals surface area (Å²) < 4.78 is 44.3. The van der Waals surface area contributed by atoms with Gasteiger partial charge < -0.3 is 15.4 Å². The third kappa shape index (κ3) is 3.41. The number of alkyl halides is 3. The number of rotatable bonds is 3. The van der Waals surface area contributed by atoms with Crippen LogP contribution in [0.25, 0.3) is 0 Å². The number of halogens is 4. The minimum Gasteiger partial charge on any atom is -0.482 e. The van der Waals surface area contributed by atoms with Gasteiger partial charge >= 0.3 is 6.18 Å². The van der Waals surface area contributed by atoms with Gasteiger partial charge in [0.05, 0.1) is 22.0 Å². The zero-order valence-corrected chi connectivity index (χ0v) is 13.0. The summed E-state index contributed by atoms with van der Waals surface area (Å²) >= 11 is 6.11. The molecule has 0 atom stereocenters. The highest BCUT2D eigenvalue weighted by molar-refractivity contribution is 6.33. The summed E-state index contributed by atoms with van der Waals surface area (Å²) in [5.74, 6) is 0.115. The molecular weight excluding hydrogens is 345 g/mol. The van der Waals surface area contributed by atoms with Crippen molar-refractivity contribution in [3.05, 3.63) is 52.5 Å². The number of carbonyl (C=O) groups is 1. The molecular formula is C16H12ClF3N2O2. The van der Waals surface area contributed by atoms with Crippen LogP contribution in [-0.4, -0.2) is 12.5 Å². The van der Waals surface area contributed by atoms with E-state index in [2.05, 4.69) is 10.6 Å². The van der Waals surface area contributed by atoms with Crippen molar-refractivity contribution in [1.29, 1.82) is 0 Å². The van der Waals surface area contributed by atoms with Gasteiger partial charge in [-0.3, -0.25) is 4.79 Å². The number of hydrogen-bond acceptors (Lipinski definition) is 3. The van der Waals surface area contributed by atoms with Crippen molar-refractivity contribution >= 4 is 28.9 Å². The predicted octanol–water partition coefficient (Wildman–Crippen LogP) is 4.30. The number of hydrogen-bond donors (Lipinski definition) is 2. The number of nitrogens with one attached hydrogen (secondary N) is 2. The highest BCUT2D eigenvalue weighted by Gasteiger charge is 2.32. The van der Waals surface area contributed by atoms with Crippen LogP contribution in [0.3, 0.4) is 0 Å². The Morgan fingerprint density at radius 2 is 2.00 bits per heavy atom. The van der Waals surface area contributed by atoms with E-state index in [1.807, 2.05) is 0 Å². The maximum Gasteiger partial charge on any atom is 0.416 e. The number of carbonyl (C=O) groups excluding carboxylic acids is 1. The van der Waals surface area contributed by atoms with Crippen LogP contribution in [0.4, 0.5) is 24.5 Å². The number of ether oxygens (including phenoxy) is 1. The standard InChI is InChI=1S/C16H12ClF3N2O2/c17-11-5-13-14(24-8-15(23)22-13)6-12(11)21-7-9-3-1-2-4-10(9)16(18,19)20/h1-6,21H,7-8H2,(H,22,23). The van der Waals surface area contributed by atoms with Gasteiger partial charge in [-0.05, 0) is 17.7 Å². The minimum atomic E-state index is -4.43. The van der Waals surface area contributed by atoms with Gasteiger partial charge in [0, 0.05) is 12.6 Å². The first kappa shape index (κ1) is 16.4. The van der Waals surface area contributed by atoms with Crippen LogP contribution in [0.2, 0.25) is 5.02 Å². The smallest absolute Gasteiger partial charge is 0.416 e. The molecule has 0 radical (unpaired) electrons. The molecule has 24 heavy (non-hydrogen) atoms. The van der Waals surface area contributed by atoms with Crippen LogP contribution >= 0.6 is 11.6 Å². The van der Waals surface area contributed by atoms with Crippen molar-refractivity contribution in [1.82, 2.24) is 0 Å². The molecule has 0 aromatic heterocycles. The largest absolute Gasteiger partial charge is 0.482 e. The van der Waals surface area contributed by atoms with Crippen molar-refractivity contribution in [2.45, 2.75) is 12.7 Å². The van der Waals surface area contributed by atoms with Crippen LogP contribution in [0.15, 0.2) is 36.4 Å². The quantitative estimate of drug-likeness (QED) is 0.862. The van der Waals surface area contributed by atoms with Gasteiger partial charge in [0.25, 0.3) is 5.91 Å². The van der Waals surface area contributed by atoms with E-state index in [0.29, 0.717) is 17.1 Å². The van der Waals surface area contributed by atoms with E-state index in [4.69, 9.17) is 16.3 Å². The summed E-state index contributed by atoms with van der Waals surface area (Å²) in [7, 11) is 0. The van der Waals surface area contributed by atoms with Crippen molar-refractivity contribution in [3.8, 4) is 5.75 Å². The Bertz CT molecular complexity index is 793. The van der Waals surface area contributed by atoms with Crippen LogP contribution in [0, 0.1) is 0 Å². The summed E-state index contributed by atoms with van der Waals surface area (Å²) in [4.78, 5) is 11.3. The highest BCUT2D eigenvalue weighted by Crippen LogP contribution is 2.37. The van der Waals surface area contributed by atoms with E-state index in [1.165, 1.54) is 18.2 Å². The monoisotopic (exact) mass is 356 g/mol. The minimum absolute atomic E-state index is 0.0550. The second-order valence-corrected chi connectivity index (χ2v) is 5.58. The van der Waals surface area contributed by atoms with Crippen LogP contribution in [-0.2, 0) is 17.5 Å². The molecule has 3 rings (SSSR count). The summed E-state index contributed by atoms with van der Waals surface area (Å²) in [6.45, 7) is -0.175. The molecule has 0 spiro atoms. The summed E-state index contributed by atoms with van der Waals surface area (Å²) in [5.41, 5.74) is 0.254. The first-order valence-corrected chi connectivity index (χ1v) is 7.37. The Hall–Kier alpha value is -2.41. The lowest BCUT2D eigenvalue weighted by molar-refractivity contribution is -0.138. The fraction of sp³-hybridized carbons (Fsp3) is 0.188. The van der Waals surface area contributed by atoms with Crippen molar-refractivity contribution < 1.29 is 22.7 Å². The molecule has 0 bridgehead atoms. The lowest BCUT2D eigenvalue weighted by atomic mass is 10.1. The molecule has 2 aromatic carbocycles. The molecule has 1 aliphatic rings. The van der Waals surface area contributed by atoms with Crippen molar-refractivity contribution in [2.24, 2.45) is 0 Å². The average Bonchev–Trinajstić information content (AvgIpc) is 2.52. The molecule has 1 heterocycles. The average molecular weight is 357 g/mol. The van der Waals surface area contributed by atoms with E-state index in [9.17, 15) is 18.0 Å². The second-order valence-electron chi connectivity index (χ2n) is 5.17. The topological polar surface area (TPSA) is 50.4 Å². The molecule has 1 aliphatic heterocycles. The van der Waals surface area contributed by atoms with Crippen molar-refractivity contribution in [2.75, 3.05) is 17.2 Å². The Labute approximate surface area is 140 Å². The lowest BCUT2D eigenvalue weighted by Crippen LogP contribution is -2.25. The lowest BCUT2D eigenvalue weighted by Gasteiger charge is -2.20. The molecule has 126 valence electrons. The van der Waals surface area contributed by atoms with Gasteiger partial charge in [0.15, 0.2) is 6.61 Å². The number of amides is 1. The fourth-order valence-corrected chi connectivity index (χ4v) is 2.61. The third-order valence-electron chi connectivity index (χ3n) is 3.49. The Morgan fingerprint density at radius 1 is 1.25 bits per heavy atom. The zero-order chi connectivity index (χ0) is 17.3. The Kier molecular flexibility index (Phi) is 4.28. The van der Waals surface area contributed by atoms with Crippen LogP contribution in [0.1, 0.15) is 11.1 Å². The number of fused-ring (bicyclic) bond motifs is 1. The zero-order valence-electron chi connectivity index (χ0n) is 12.2. The Balaban J connectivity index is 1.82. The molecule has 0 fully saturated rings. The van der Waals surface area contributed by atoms with E-state index in [0.717, 1.165) is 6.07 Å². The van der Waals surface area contributed by atoms with E-state index in [-0.39, 0.29) is 29.6 Å². The molecule has 0 unspecified atom stereocenters. The maximum atomic E-state index is 13.0. The van der Waals surface area contributed by atoms with Gasteiger partial charge in [0.2, 0.25) is 0 Å². The number of anilines is 2. The molecule has 4 nitrogen and oxygen atoms in total. The second kappa shape index (κ2) is 6.24. The molecule has 2 aromatic rings. The molecule has 2 N–H and O–H groups in total. The third-order valence-corrected chi connectivity index (χ3v) is 3.81. The van der Waals surface area contributed by atoms with Crippen LogP contribution in [0.5, 0.6) is 5.75 Å². The first-order valence-electron chi connectivity index (χ1n) is 7.00. The van der Waals surface area contributed by atoms with Crippen LogP contribution < -0.4 is 15.4 Å². The maximum absolute atomic E-state index is 13.0. The van der Waals surface area contributed by atoms with E-state index < -0.39 is 11.7 Å². The summed E-state index contributed by atoms with van der Waals surface area (Å²) in [5, 5.41) is 5.75. The van der Waals surface area contributed by atoms with Gasteiger partial charge in [-0.25, -0.2) is 0 Å².